The fourth-order valence-electron chi connectivity index (χ4n) is 3.08. The molecule has 1 atom stereocenters. The molecule has 2 aromatic heterocycles. The maximum Gasteiger partial charge on any atom is 0.490 e. The number of halogens is 6. The summed E-state index contributed by atoms with van der Waals surface area (Å²) in [4.78, 5) is 35.7. The van der Waals surface area contributed by atoms with E-state index in [9.17, 15) is 35.9 Å². The van der Waals surface area contributed by atoms with Crippen LogP contribution in [-0.4, -0.2) is 56.0 Å². The van der Waals surface area contributed by atoms with Gasteiger partial charge in [0.15, 0.2) is 11.6 Å². The van der Waals surface area contributed by atoms with E-state index in [0.29, 0.717) is 11.6 Å². The van der Waals surface area contributed by atoms with Crippen molar-refractivity contribution < 1.29 is 40.7 Å². The number of nitrogens with two attached hydrogens (primary N) is 1. The molecule has 35 heavy (non-hydrogen) atoms. The van der Waals surface area contributed by atoms with Crippen molar-refractivity contribution in [3.05, 3.63) is 48.2 Å². The van der Waals surface area contributed by atoms with Gasteiger partial charge < -0.3 is 15.8 Å². The van der Waals surface area contributed by atoms with Gasteiger partial charge in [-0.1, -0.05) is 12.1 Å². The normalized spacial score (nSPS) is 13.7. The fraction of sp³-hybridized carbons (Fsp3) is 0.263. The van der Waals surface area contributed by atoms with Crippen LogP contribution in [0, 0.1) is 6.92 Å². The Morgan fingerprint density at radius 1 is 1.14 bits per heavy atom. The Balaban J connectivity index is 2.26. The number of nitrogen functional groups attached to an aromatic ring is 1. The van der Waals surface area contributed by atoms with Crippen molar-refractivity contribution in [1.29, 1.82) is 0 Å². The predicted octanol–water partition coefficient (Wildman–Crippen LogP) is 2.22. The molecule has 3 N–H and O–H groups in total. The number of carbonyl (C=O) groups excluding carboxylic acids is 2. The minimum Gasteiger partial charge on any atom is -0.427 e. The lowest BCUT2D eigenvalue weighted by atomic mass is 9.88. The first-order chi connectivity index (χ1) is 16.2. The molecule has 0 bridgehead atoms. The second-order valence-corrected chi connectivity index (χ2v) is 6.98. The summed E-state index contributed by atoms with van der Waals surface area (Å²) in [6.07, 6.45) is -8.12. The van der Waals surface area contributed by atoms with Crippen LogP contribution in [0.5, 0.6) is 0 Å². The highest BCUT2D eigenvalue weighted by atomic mass is 19.4. The van der Waals surface area contributed by atoms with E-state index in [1.165, 1.54) is 13.3 Å². The van der Waals surface area contributed by atoms with Crippen LogP contribution in [0.15, 0.2) is 37.1 Å². The summed E-state index contributed by atoms with van der Waals surface area (Å²) in [5.41, 5.74) is 0.500. The van der Waals surface area contributed by atoms with Crippen LogP contribution in [0.25, 0.3) is 17.1 Å². The number of aryl methyl sites for hydroxylation is 1. The van der Waals surface area contributed by atoms with Crippen LogP contribution in [0.3, 0.4) is 0 Å². The Labute approximate surface area is 192 Å². The highest BCUT2D eigenvalue weighted by molar-refractivity contribution is 5.91. The summed E-state index contributed by atoms with van der Waals surface area (Å²) in [5, 5.41) is 5.45. The van der Waals surface area contributed by atoms with E-state index < -0.39 is 35.4 Å². The second-order valence-electron chi connectivity index (χ2n) is 6.98. The molecule has 3 rings (SSSR count). The molecule has 0 aliphatic rings. The smallest absolute Gasteiger partial charge is 0.427 e. The van der Waals surface area contributed by atoms with Gasteiger partial charge in [0.1, 0.15) is 12.7 Å². The minimum absolute atomic E-state index is 0.0401. The van der Waals surface area contributed by atoms with Crippen LogP contribution >= 0.6 is 0 Å². The predicted molar refractivity (Wildman–Crippen MR) is 105 cm³/mol. The average Bonchev–Trinajstić information content (AvgIpc) is 3.31. The van der Waals surface area contributed by atoms with Gasteiger partial charge in [-0.2, -0.15) is 36.1 Å². The molecule has 10 nitrogen and oxygen atoms in total. The van der Waals surface area contributed by atoms with Crippen LogP contribution in [-0.2, 0) is 19.9 Å². The number of anilines is 1. The van der Waals surface area contributed by atoms with Crippen molar-refractivity contribution >= 4 is 17.7 Å². The first kappa shape index (κ1) is 25.4. The van der Waals surface area contributed by atoms with Crippen molar-refractivity contribution in [2.45, 2.75) is 24.9 Å². The van der Waals surface area contributed by atoms with Gasteiger partial charge in [-0.05, 0) is 18.6 Å². The third-order valence-corrected chi connectivity index (χ3v) is 4.76. The first-order valence-corrected chi connectivity index (χ1v) is 9.40. The zero-order valence-electron chi connectivity index (χ0n) is 17.8. The maximum atomic E-state index is 14.2. The van der Waals surface area contributed by atoms with Crippen LogP contribution < -0.4 is 11.1 Å². The summed E-state index contributed by atoms with van der Waals surface area (Å²) < 4.78 is 86.2. The van der Waals surface area contributed by atoms with E-state index in [0.717, 1.165) is 36.4 Å². The highest BCUT2D eigenvalue weighted by Gasteiger charge is 2.67. The van der Waals surface area contributed by atoms with E-state index >= 15 is 0 Å². The van der Waals surface area contributed by atoms with Gasteiger partial charge in [-0.3, -0.25) is 4.79 Å². The minimum atomic E-state index is -5.81. The molecule has 1 unspecified atom stereocenters. The topological polar surface area (TPSA) is 138 Å². The molecule has 0 fully saturated rings. The fourth-order valence-corrected chi connectivity index (χ4v) is 3.08. The number of nitrogens with one attached hydrogen (secondary N) is 1. The lowest BCUT2D eigenvalue weighted by Gasteiger charge is -2.34. The standard InChI is InChI=1S/C19H15F6N7O3/c1-9-3-4-10(17(15(33)27-2,19(23,24)25)35-16(34)18(20,21)22)5-11(9)12-6-29-13(26)14(31-12)32-8-28-7-30-32/h3-8H,1-2H3,(H2,26,29)(H,27,33). The number of hydrogen-bond donors (Lipinski definition) is 2. The van der Waals surface area contributed by atoms with Gasteiger partial charge in [0.05, 0.1) is 11.9 Å². The average molecular weight is 503 g/mol. The Bertz CT molecular complexity index is 1260. The molecule has 3 aromatic rings. The summed E-state index contributed by atoms with van der Waals surface area (Å²) in [5.74, 6) is -5.41. The maximum absolute atomic E-state index is 14.2. The van der Waals surface area contributed by atoms with Crippen LogP contribution in [0.2, 0.25) is 0 Å². The molecule has 2 heterocycles. The van der Waals surface area contributed by atoms with E-state index in [1.807, 2.05) is 0 Å². The third kappa shape index (κ3) is 4.58. The second kappa shape index (κ2) is 8.84. The van der Waals surface area contributed by atoms with Crippen molar-refractivity contribution in [3.63, 3.8) is 0 Å². The Kier molecular flexibility index (Phi) is 6.41. The van der Waals surface area contributed by atoms with E-state index in [1.54, 1.807) is 5.32 Å². The van der Waals surface area contributed by atoms with Gasteiger partial charge in [0.25, 0.3) is 5.91 Å². The number of alkyl halides is 6. The van der Waals surface area contributed by atoms with Crippen molar-refractivity contribution in [3.8, 4) is 17.1 Å². The molecular weight excluding hydrogens is 488 g/mol. The number of amides is 1. The number of aromatic nitrogens is 5. The van der Waals surface area contributed by atoms with Crippen molar-refractivity contribution in [2.24, 2.45) is 0 Å². The molecule has 186 valence electrons. The van der Waals surface area contributed by atoms with Gasteiger partial charge in [0.2, 0.25) is 0 Å². The highest BCUT2D eigenvalue weighted by Crippen LogP contribution is 2.45. The quantitative estimate of drug-likeness (QED) is 0.400. The Morgan fingerprint density at radius 3 is 2.37 bits per heavy atom. The number of carbonyl (C=O) groups is 2. The Morgan fingerprint density at radius 2 is 1.83 bits per heavy atom. The molecule has 1 amide bonds. The van der Waals surface area contributed by atoms with Crippen LogP contribution in [0.1, 0.15) is 11.1 Å². The number of benzene rings is 1. The summed E-state index contributed by atoms with van der Waals surface area (Å²) in [7, 11) is 0.745. The number of hydrogen-bond acceptors (Lipinski definition) is 8. The number of likely N-dealkylation sites (N-methyl/N-ethyl adjacent to an activating group) is 1. The molecule has 0 aliphatic heterocycles. The third-order valence-electron chi connectivity index (χ3n) is 4.76. The molecular formula is C19H15F6N7O3. The van der Waals surface area contributed by atoms with Crippen LogP contribution in [0.4, 0.5) is 32.2 Å². The van der Waals surface area contributed by atoms with Gasteiger partial charge in [0, 0.05) is 18.2 Å². The molecule has 0 radical (unpaired) electrons. The van der Waals surface area contributed by atoms with Gasteiger partial charge >= 0.3 is 23.9 Å². The summed E-state index contributed by atoms with van der Waals surface area (Å²) in [6.45, 7) is 1.46. The summed E-state index contributed by atoms with van der Waals surface area (Å²) >= 11 is 0. The summed E-state index contributed by atoms with van der Waals surface area (Å²) in [6, 6.07) is 2.53. The van der Waals surface area contributed by atoms with Gasteiger partial charge in [-0.25, -0.2) is 19.7 Å². The van der Waals surface area contributed by atoms with Crippen molar-refractivity contribution in [1.82, 2.24) is 30.0 Å². The SMILES string of the molecule is CNC(=O)C(OC(=O)C(F)(F)F)(c1ccc(C)c(-c2cnc(N)c(-n3cncn3)n2)c1)C(F)(F)F. The number of nitrogens with zero attached hydrogens (tertiary/aromatic N) is 5. The first-order valence-electron chi connectivity index (χ1n) is 9.40. The molecule has 0 saturated carbocycles. The van der Waals surface area contributed by atoms with Crippen molar-refractivity contribution in [2.75, 3.05) is 12.8 Å². The van der Waals surface area contributed by atoms with E-state index in [-0.39, 0.29) is 22.9 Å². The number of esters is 1. The molecule has 0 spiro atoms. The zero-order chi connectivity index (χ0) is 26.2. The molecule has 1 aromatic carbocycles. The molecule has 0 aliphatic carbocycles. The van der Waals surface area contributed by atoms with E-state index in [4.69, 9.17) is 5.73 Å². The zero-order valence-corrected chi connectivity index (χ0v) is 17.8. The number of ether oxygens (including phenoxy) is 1. The lowest BCUT2D eigenvalue weighted by molar-refractivity contribution is -0.281. The van der Waals surface area contributed by atoms with E-state index in [2.05, 4.69) is 24.8 Å². The Hall–Kier alpha value is -4.24. The number of rotatable bonds is 5. The molecule has 0 saturated heterocycles. The monoisotopic (exact) mass is 503 g/mol. The van der Waals surface area contributed by atoms with Gasteiger partial charge in [-0.15, -0.1) is 0 Å². The lowest BCUT2D eigenvalue weighted by Crippen LogP contribution is -2.57. The largest absolute Gasteiger partial charge is 0.490 e. The molecule has 16 heteroatoms.